The van der Waals surface area contributed by atoms with Crippen LogP contribution in [-0.4, -0.2) is 34.9 Å². The summed E-state index contributed by atoms with van der Waals surface area (Å²) in [5.41, 5.74) is 5.70. The van der Waals surface area contributed by atoms with Crippen molar-refractivity contribution in [1.29, 1.82) is 0 Å². The van der Waals surface area contributed by atoms with Crippen LogP contribution < -0.4 is 5.73 Å². The number of rotatable bonds is 6. The average molecular weight is 286 g/mol. The molecule has 19 heavy (non-hydrogen) atoms. The summed E-state index contributed by atoms with van der Waals surface area (Å²) in [4.78, 5) is 3.87. The third-order valence-electron chi connectivity index (χ3n) is 3.34. The van der Waals surface area contributed by atoms with Crippen LogP contribution in [0.5, 0.6) is 0 Å². The summed E-state index contributed by atoms with van der Waals surface area (Å²) < 4.78 is 28.5. The standard InChI is InChI=1S/C12H22N4O2S/c1-9(2)6-7-16(10-4-5-10)19(17,18)12-11(13)14-8-15(12)3/h8-10H,4-7,13H2,1-3H3. The third-order valence-corrected chi connectivity index (χ3v) is 5.43. The van der Waals surface area contributed by atoms with Gasteiger partial charge in [0.1, 0.15) is 0 Å². The molecule has 1 fully saturated rings. The van der Waals surface area contributed by atoms with E-state index >= 15 is 0 Å². The monoisotopic (exact) mass is 286 g/mol. The van der Waals surface area contributed by atoms with Gasteiger partial charge in [-0.05, 0) is 25.2 Å². The Hall–Kier alpha value is -1.08. The third kappa shape index (κ3) is 2.92. The van der Waals surface area contributed by atoms with Crippen LogP contribution in [0.15, 0.2) is 11.4 Å². The van der Waals surface area contributed by atoms with E-state index in [0.717, 1.165) is 19.3 Å². The van der Waals surface area contributed by atoms with Gasteiger partial charge in [-0.3, -0.25) is 0 Å². The number of aryl methyl sites for hydroxylation is 1. The van der Waals surface area contributed by atoms with Gasteiger partial charge in [0, 0.05) is 19.6 Å². The highest BCUT2D eigenvalue weighted by atomic mass is 32.2. The molecule has 1 aromatic heterocycles. The van der Waals surface area contributed by atoms with Crippen molar-refractivity contribution in [3.63, 3.8) is 0 Å². The number of nitrogen functional groups attached to an aromatic ring is 1. The van der Waals surface area contributed by atoms with Crippen molar-refractivity contribution in [3.05, 3.63) is 6.33 Å². The molecule has 2 rings (SSSR count). The second kappa shape index (κ2) is 5.13. The highest BCUT2D eigenvalue weighted by Crippen LogP contribution is 2.33. The van der Waals surface area contributed by atoms with E-state index in [1.54, 1.807) is 11.4 Å². The first kappa shape index (κ1) is 14.3. The van der Waals surface area contributed by atoms with E-state index in [9.17, 15) is 8.42 Å². The Morgan fingerprint density at radius 2 is 2.16 bits per heavy atom. The molecule has 0 saturated heterocycles. The molecule has 1 aromatic rings. The van der Waals surface area contributed by atoms with Gasteiger partial charge in [0.15, 0.2) is 10.8 Å². The fourth-order valence-corrected chi connectivity index (χ4v) is 4.01. The molecular weight excluding hydrogens is 264 g/mol. The number of anilines is 1. The van der Waals surface area contributed by atoms with Crippen molar-refractivity contribution >= 4 is 15.8 Å². The summed E-state index contributed by atoms with van der Waals surface area (Å²) in [5, 5.41) is 0.114. The maximum atomic E-state index is 12.7. The molecule has 1 aliphatic carbocycles. The van der Waals surface area contributed by atoms with Gasteiger partial charge < -0.3 is 10.3 Å². The first-order valence-electron chi connectivity index (χ1n) is 6.62. The molecule has 0 radical (unpaired) electrons. The van der Waals surface area contributed by atoms with Gasteiger partial charge in [0.05, 0.1) is 6.33 Å². The quantitative estimate of drug-likeness (QED) is 0.852. The predicted octanol–water partition coefficient (Wildman–Crippen LogP) is 1.20. The molecule has 108 valence electrons. The Bertz CT molecular complexity index is 527. The maximum Gasteiger partial charge on any atom is 0.262 e. The summed E-state index contributed by atoms with van der Waals surface area (Å²) in [6, 6.07) is 0.137. The zero-order valence-electron chi connectivity index (χ0n) is 11.7. The Kier molecular flexibility index (Phi) is 3.87. The minimum Gasteiger partial charge on any atom is -0.381 e. The summed E-state index contributed by atoms with van der Waals surface area (Å²) in [7, 11) is -1.89. The molecule has 0 bridgehead atoms. The molecule has 1 saturated carbocycles. The van der Waals surface area contributed by atoms with Gasteiger partial charge >= 0.3 is 0 Å². The van der Waals surface area contributed by atoms with Gasteiger partial charge in [-0.15, -0.1) is 0 Å². The van der Waals surface area contributed by atoms with E-state index in [4.69, 9.17) is 5.73 Å². The molecule has 7 heteroatoms. The van der Waals surface area contributed by atoms with Crippen LogP contribution in [0.25, 0.3) is 0 Å². The summed E-state index contributed by atoms with van der Waals surface area (Å²) in [6.07, 6.45) is 4.17. The van der Waals surface area contributed by atoms with Crippen LogP contribution in [0.1, 0.15) is 33.1 Å². The van der Waals surface area contributed by atoms with E-state index in [0.29, 0.717) is 12.5 Å². The number of nitrogens with two attached hydrogens (primary N) is 1. The molecule has 0 aromatic carbocycles. The molecule has 6 nitrogen and oxygen atoms in total. The van der Waals surface area contributed by atoms with Crippen molar-refractivity contribution in [1.82, 2.24) is 13.9 Å². The number of hydrogen-bond donors (Lipinski definition) is 1. The van der Waals surface area contributed by atoms with Gasteiger partial charge in [-0.25, -0.2) is 13.4 Å². The van der Waals surface area contributed by atoms with E-state index < -0.39 is 10.0 Å². The van der Waals surface area contributed by atoms with E-state index in [-0.39, 0.29) is 16.9 Å². The number of imidazole rings is 1. The highest BCUT2D eigenvalue weighted by Gasteiger charge is 2.40. The molecule has 0 atom stereocenters. The lowest BCUT2D eigenvalue weighted by molar-refractivity contribution is 0.371. The summed E-state index contributed by atoms with van der Waals surface area (Å²) in [5.74, 6) is 0.554. The van der Waals surface area contributed by atoms with Crippen LogP contribution in [0, 0.1) is 5.92 Å². The van der Waals surface area contributed by atoms with Gasteiger partial charge in [-0.2, -0.15) is 4.31 Å². The van der Waals surface area contributed by atoms with Crippen molar-refractivity contribution in [2.75, 3.05) is 12.3 Å². The normalized spacial score (nSPS) is 16.5. The SMILES string of the molecule is CC(C)CCN(C1CC1)S(=O)(=O)c1c(N)ncn1C. The second-order valence-electron chi connectivity index (χ2n) is 5.58. The molecule has 1 heterocycles. The van der Waals surface area contributed by atoms with Crippen LogP contribution in [0.3, 0.4) is 0 Å². The molecule has 0 aliphatic heterocycles. The van der Waals surface area contributed by atoms with E-state index in [1.165, 1.54) is 10.9 Å². The largest absolute Gasteiger partial charge is 0.381 e. The number of sulfonamides is 1. The first-order chi connectivity index (χ1) is 8.84. The van der Waals surface area contributed by atoms with Crippen LogP contribution in [0.4, 0.5) is 5.82 Å². The van der Waals surface area contributed by atoms with Gasteiger partial charge in [-0.1, -0.05) is 13.8 Å². The fourth-order valence-electron chi connectivity index (χ4n) is 2.11. The minimum atomic E-state index is -3.54. The molecule has 0 amide bonds. The smallest absolute Gasteiger partial charge is 0.262 e. The van der Waals surface area contributed by atoms with Crippen molar-refractivity contribution in [3.8, 4) is 0 Å². The Labute approximate surface area is 114 Å². The van der Waals surface area contributed by atoms with Crippen molar-refractivity contribution in [2.45, 2.75) is 44.2 Å². The van der Waals surface area contributed by atoms with E-state index in [1.807, 2.05) is 0 Å². The summed E-state index contributed by atoms with van der Waals surface area (Å²) in [6.45, 7) is 4.74. The van der Waals surface area contributed by atoms with Crippen LogP contribution in [-0.2, 0) is 17.1 Å². The number of nitrogens with zero attached hydrogens (tertiary/aromatic N) is 3. The Morgan fingerprint density at radius 3 is 2.58 bits per heavy atom. The average Bonchev–Trinajstić information content (AvgIpc) is 3.04. The molecule has 2 N–H and O–H groups in total. The second-order valence-corrected chi connectivity index (χ2v) is 7.38. The van der Waals surface area contributed by atoms with Gasteiger partial charge in [0.2, 0.25) is 0 Å². The van der Waals surface area contributed by atoms with Crippen molar-refractivity contribution in [2.24, 2.45) is 13.0 Å². The number of aromatic nitrogens is 2. The minimum absolute atomic E-state index is 0.0812. The molecule has 0 spiro atoms. The molecule has 0 unspecified atom stereocenters. The van der Waals surface area contributed by atoms with Crippen LogP contribution in [0.2, 0.25) is 0 Å². The Morgan fingerprint density at radius 1 is 1.53 bits per heavy atom. The topological polar surface area (TPSA) is 81.2 Å². The number of hydrogen-bond acceptors (Lipinski definition) is 4. The molecular formula is C12H22N4O2S. The highest BCUT2D eigenvalue weighted by molar-refractivity contribution is 7.89. The van der Waals surface area contributed by atoms with Crippen molar-refractivity contribution < 1.29 is 8.42 Å². The zero-order valence-corrected chi connectivity index (χ0v) is 12.5. The fraction of sp³-hybridized carbons (Fsp3) is 0.750. The first-order valence-corrected chi connectivity index (χ1v) is 8.06. The van der Waals surface area contributed by atoms with Gasteiger partial charge in [0.25, 0.3) is 10.0 Å². The summed E-state index contributed by atoms with van der Waals surface area (Å²) >= 11 is 0. The lowest BCUT2D eigenvalue weighted by Crippen LogP contribution is -2.36. The lowest BCUT2D eigenvalue weighted by Gasteiger charge is -2.23. The predicted molar refractivity (Wildman–Crippen MR) is 74.0 cm³/mol. The lowest BCUT2D eigenvalue weighted by atomic mass is 10.1. The van der Waals surface area contributed by atoms with Crippen LogP contribution >= 0.6 is 0 Å². The Balaban J connectivity index is 2.30. The van der Waals surface area contributed by atoms with E-state index in [2.05, 4.69) is 18.8 Å². The maximum absolute atomic E-state index is 12.7. The zero-order chi connectivity index (χ0) is 14.2. The molecule has 1 aliphatic rings.